The van der Waals surface area contributed by atoms with Gasteiger partial charge >= 0.3 is 8.10 Å². The molecule has 1 heterocycles. The van der Waals surface area contributed by atoms with Gasteiger partial charge in [0.2, 0.25) is 0 Å². The first-order chi connectivity index (χ1) is 10.7. The Morgan fingerprint density at radius 1 is 0.773 bits per heavy atom. The predicted octanol–water partition coefficient (Wildman–Crippen LogP) is 4.78. The van der Waals surface area contributed by atoms with Crippen molar-refractivity contribution in [3.05, 3.63) is 71.8 Å². The Kier molecular flexibility index (Phi) is 4.68. The Morgan fingerprint density at radius 2 is 1.14 bits per heavy atom. The van der Waals surface area contributed by atoms with Crippen molar-refractivity contribution >= 4 is 8.10 Å². The van der Waals surface area contributed by atoms with Gasteiger partial charge in [-0.1, -0.05) is 70.0 Å². The third-order valence-electron chi connectivity index (χ3n) is 4.46. The minimum Gasteiger partial charge on any atom is -0.0703 e. The van der Waals surface area contributed by atoms with Crippen molar-refractivity contribution < 1.29 is 4.57 Å². The van der Waals surface area contributed by atoms with Crippen LogP contribution in [-0.2, 0) is 4.57 Å². The summed E-state index contributed by atoms with van der Waals surface area (Å²) < 4.78 is 17.2. The van der Waals surface area contributed by atoms with E-state index in [1.807, 2.05) is 36.4 Å². The fraction of sp³-hybridized carbons (Fsp3) is 0.333. The summed E-state index contributed by atoms with van der Waals surface area (Å²) in [5.41, 5.74) is 2.44. The molecule has 114 valence electrons. The summed E-state index contributed by atoms with van der Waals surface area (Å²) in [5.74, 6) is 0. The van der Waals surface area contributed by atoms with Gasteiger partial charge in [-0.25, -0.2) is 0 Å². The fourth-order valence-corrected chi connectivity index (χ4v) is 4.69. The normalized spacial score (nSPS) is 19.3. The van der Waals surface area contributed by atoms with Crippen LogP contribution in [0.3, 0.4) is 0 Å². The Labute approximate surface area is 133 Å². The van der Waals surface area contributed by atoms with Gasteiger partial charge < -0.3 is 0 Å². The molecule has 0 saturated carbocycles. The second-order valence-electron chi connectivity index (χ2n) is 5.75. The van der Waals surface area contributed by atoms with Crippen molar-refractivity contribution in [1.29, 1.82) is 0 Å². The van der Waals surface area contributed by atoms with Crippen LogP contribution < -0.4 is 0 Å². The summed E-state index contributed by atoms with van der Waals surface area (Å²) in [5, 5.41) is 0. The van der Waals surface area contributed by atoms with Gasteiger partial charge in [-0.05, 0) is 29.5 Å². The molecule has 3 nitrogen and oxygen atoms in total. The van der Waals surface area contributed by atoms with Crippen LogP contribution in [0, 0.1) is 0 Å². The average Bonchev–Trinajstić information content (AvgIpc) is 2.96. The highest BCUT2D eigenvalue weighted by Gasteiger charge is 2.48. The smallest absolute Gasteiger partial charge is 0.0703 e. The van der Waals surface area contributed by atoms with Gasteiger partial charge in [0.05, 0.1) is 25.2 Å². The van der Waals surface area contributed by atoms with Crippen LogP contribution >= 0.6 is 8.10 Å². The highest BCUT2D eigenvalue weighted by Crippen LogP contribution is 2.48. The molecule has 3 rings (SSSR count). The Balaban J connectivity index is 1.75. The molecule has 0 bridgehead atoms. The van der Waals surface area contributed by atoms with Crippen molar-refractivity contribution in [2.75, 3.05) is 13.1 Å². The van der Waals surface area contributed by atoms with Crippen LogP contribution in [-0.4, -0.2) is 22.4 Å². The maximum absolute atomic E-state index is 12.9. The highest BCUT2D eigenvalue weighted by atomic mass is 31.1. The Hall–Kier alpha value is -1.54. The standard InChI is InChI=1S/C18H22N2OP/c1-15(17-9-5-3-6-10-17)19-13-14-20(22(19)21)16(2)18-11-7-4-8-12-18/h3-12,15-16H,13-14H2,1-2H3/q+1/t15-,16-/m0/s1. The molecule has 0 N–H and O–H groups in total. The summed E-state index contributed by atoms with van der Waals surface area (Å²) >= 11 is 0. The zero-order valence-electron chi connectivity index (χ0n) is 13.1. The van der Waals surface area contributed by atoms with E-state index in [9.17, 15) is 4.57 Å². The summed E-state index contributed by atoms with van der Waals surface area (Å²) in [6.45, 7) is 5.98. The van der Waals surface area contributed by atoms with E-state index in [1.165, 1.54) is 11.1 Å². The second kappa shape index (κ2) is 6.70. The van der Waals surface area contributed by atoms with Gasteiger partial charge in [0.25, 0.3) is 0 Å². The average molecular weight is 313 g/mol. The molecule has 2 aromatic rings. The van der Waals surface area contributed by atoms with Crippen LogP contribution in [0.25, 0.3) is 0 Å². The van der Waals surface area contributed by atoms with E-state index in [-0.39, 0.29) is 12.1 Å². The largest absolute Gasteiger partial charge is 0.538 e. The quantitative estimate of drug-likeness (QED) is 0.759. The van der Waals surface area contributed by atoms with Gasteiger partial charge in [-0.2, -0.15) is 0 Å². The maximum atomic E-state index is 12.9. The van der Waals surface area contributed by atoms with Crippen LogP contribution in [0.15, 0.2) is 60.7 Å². The van der Waals surface area contributed by atoms with Gasteiger partial charge in [0.1, 0.15) is 0 Å². The second-order valence-corrected chi connectivity index (χ2v) is 7.29. The van der Waals surface area contributed by atoms with E-state index < -0.39 is 8.10 Å². The summed E-state index contributed by atoms with van der Waals surface area (Å²) in [4.78, 5) is 0. The number of hydrogen-bond acceptors (Lipinski definition) is 1. The molecule has 4 heteroatoms. The van der Waals surface area contributed by atoms with Gasteiger partial charge in [-0.15, -0.1) is 0 Å². The lowest BCUT2D eigenvalue weighted by atomic mass is 10.1. The predicted molar refractivity (Wildman–Crippen MR) is 90.7 cm³/mol. The minimum absolute atomic E-state index is 0.179. The topological polar surface area (TPSA) is 23.6 Å². The molecule has 1 saturated heterocycles. The molecular weight excluding hydrogens is 291 g/mol. The monoisotopic (exact) mass is 313 g/mol. The maximum Gasteiger partial charge on any atom is 0.538 e. The summed E-state index contributed by atoms with van der Waals surface area (Å²) in [6.07, 6.45) is 0. The molecule has 1 aliphatic heterocycles. The van der Waals surface area contributed by atoms with Gasteiger partial charge in [0.15, 0.2) is 0 Å². The molecule has 1 fully saturated rings. The Bertz CT molecular complexity index is 577. The molecule has 2 atom stereocenters. The zero-order chi connectivity index (χ0) is 15.5. The molecule has 0 spiro atoms. The van der Waals surface area contributed by atoms with Crippen molar-refractivity contribution in [2.45, 2.75) is 25.9 Å². The SMILES string of the molecule is C[C@@H](c1ccccc1)N1CCN([C@@H](C)c2ccccc2)[P+]1=O. The van der Waals surface area contributed by atoms with Gasteiger partial charge in [0, 0.05) is 0 Å². The first-order valence-electron chi connectivity index (χ1n) is 7.78. The van der Waals surface area contributed by atoms with Crippen LogP contribution in [0.1, 0.15) is 37.1 Å². The van der Waals surface area contributed by atoms with Crippen LogP contribution in [0.5, 0.6) is 0 Å². The number of nitrogens with zero attached hydrogens (tertiary/aromatic N) is 2. The minimum atomic E-state index is -1.50. The zero-order valence-corrected chi connectivity index (χ0v) is 14.0. The lowest BCUT2D eigenvalue weighted by Crippen LogP contribution is -2.17. The highest BCUT2D eigenvalue weighted by molar-refractivity contribution is 7.39. The first-order valence-corrected chi connectivity index (χ1v) is 8.95. The van der Waals surface area contributed by atoms with Crippen molar-refractivity contribution in [2.24, 2.45) is 0 Å². The number of hydrogen-bond donors (Lipinski definition) is 0. The molecule has 1 aliphatic rings. The summed E-state index contributed by atoms with van der Waals surface area (Å²) in [7, 11) is -1.50. The summed E-state index contributed by atoms with van der Waals surface area (Å²) in [6, 6.07) is 21.0. The van der Waals surface area contributed by atoms with Crippen molar-refractivity contribution in [1.82, 2.24) is 9.34 Å². The first kappa shape index (κ1) is 15.4. The van der Waals surface area contributed by atoms with Crippen LogP contribution in [0.2, 0.25) is 0 Å². The van der Waals surface area contributed by atoms with Gasteiger partial charge in [-0.3, -0.25) is 0 Å². The van der Waals surface area contributed by atoms with E-state index >= 15 is 0 Å². The molecule has 22 heavy (non-hydrogen) atoms. The van der Waals surface area contributed by atoms with E-state index in [1.54, 1.807) is 0 Å². The van der Waals surface area contributed by atoms with Crippen molar-refractivity contribution in [3.63, 3.8) is 0 Å². The molecule has 0 aliphatic carbocycles. The molecule has 0 radical (unpaired) electrons. The molecular formula is C18H22N2OP+. The Morgan fingerprint density at radius 3 is 1.50 bits per heavy atom. The van der Waals surface area contributed by atoms with E-state index in [0.29, 0.717) is 0 Å². The van der Waals surface area contributed by atoms with Crippen LogP contribution in [0.4, 0.5) is 0 Å². The molecule has 0 aromatic heterocycles. The lowest BCUT2D eigenvalue weighted by Gasteiger charge is -2.16. The van der Waals surface area contributed by atoms with E-state index in [0.717, 1.165) is 13.1 Å². The van der Waals surface area contributed by atoms with Crippen molar-refractivity contribution in [3.8, 4) is 0 Å². The van der Waals surface area contributed by atoms with E-state index in [4.69, 9.17) is 0 Å². The van der Waals surface area contributed by atoms with E-state index in [2.05, 4.69) is 47.5 Å². The third-order valence-corrected chi connectivity index (χ3v) is 6.43. The number of benzene rings is 2. The molecule has 0 amide bonds. The fourth-order valence-electron chi connectivity index (χ4n) is 3.01. The molecule has 2 aromatic carbocycles. The third kappa shape index (κ3) is 2.98. The lowest BCUT2D eigenvalue weighted by molar-refractivity contribution is 0.377. The molecule has 0 unspecified atom stereocenters. The number of rotatable bonds is 4.